The van der Waals surface area contributed by atoms with Gasteiger partial charge in [-0.25, -0.2) is 0 Å². The number of amides is 1. The lowest BCUT2D eigenvalue weighted by molar-refractivity contribution is -0.120. The molecular weight excluding hydrogens is 228 g/mol. The summed E-state index contributed by atoms with van der Waals surface area (Å²) < 4.78 is 5.12. The van der Waals surface area contributed by atoms with Crippen LogP contribution in [0.5, 0.6) is 5.75 Å². The molecule has 18 heavy (non-hydrogen) atoms. The van der Waals surface area contributed by atoms with Gasteiger partial charge in [0.25, 0.3) is 0 Å². The number of carbonyl (C=O) groups is 1. The van der Waals surface area contributed by atoms with Crippen molar-refractivity contribution in [3.63, 3.8) is 0 Å². The number of methoxy groups -OCH3 is 1. The van der Waals surface area contributed by atoms with E-state index in [1.54, 1.807) is 7.11 Å². The molecule has 0 aromatic heterocycles. The van der Waals surface area contributed by atoms with Crippen LogP contribution in [-0.2, 0) is 4.79 Å². The standard InChI is InChI=1S/C14H22N2O2/c1-3-4-5-13(16-14(17)10-15)11-6-8-12(18-2)9-7-11/h6-9,13H,3-5,10,15H2,1-2H3,(H,16,17). The lowest BCUT2D eigenvalue weighted by Gasteiger charge is -2.19. The van der Waals surface area contributed by atoms with Crippen molar-refractivity contribution in [3.8, 4) is 5.75 Å². The quantitative estimate of drug-likeness (QED) is 0.778. The zero-order valence-electron chi connectivity index (χ0n) is 11.1. The van der Waals surface area contributed by atoms with E-state index in [1.807, 2.05) is 24.3 Å². The smallest absolute Gasteiger partial charge is 0.234 e. The number of benzene rings is 1. The molecule has 0 fully saturated rings. The fourth-order valence-electron chi connectivity index (χ4n) is 1.82. The molecule has 0 aliphatic heterocycles. The number of nitrogens with one attached hydrogen (secondary N) is 1. The minimum atomic E-state index is -0.119. The second-order valence-electron chi connectivity index (χ2n) is 4.24. The number of hydrogen-bond donors (Lipinski definition) is 2. The predicted octanol–water partition coefficient (Wildman–Crippen LogP) is 2.00. The largest absolute Gasteiger partial charge is 0.497 e. The molecule has 0 bridgehead atoms. The summed E-state index contributed by atoms with van der Waals surface area (Å²) >= 11 is 0. The van der Waals surface area contributed by atoms with Gasteiger partial charge in [-0.05, 0) is 24.1 Å². The summed E-state index contributed by atoms with van der Waals surface area (Å²) in [7, 11) is 1.64. The molecule has 0 aliphatic rings. The molecule has 1 amide bonds. The Bertz CT molecular complexity index is 363. The van der Waals surface area contributed by atoms with E-state index in [0.717, 1.165) is 30.6 Å². The van der Waals surface area contributed by atoms with Crippen LogP contribution >= 0.6 is 0 Å². The number of nitrogens with two attached hydrogens (primary N) is 1. The van der Waals surface area contributed by atoms with E-state index in [4.69, 9.17) is 10.5 Å². The first-order valence-corrected chi connectivity index (χ1v) is 6.34. The summed E-state index contributed by atoms with van der Waals surface area (Å²) in [5.74, 6) is 0.699. The van der Waals surface area contributed by atoms with Crippen LogP contribution in [0.1, 0.15) is 37.8 Å². The average molecular weight is 250 g/mol. The highest BCUT2D eigenvalue weighted by atomic mass is 16.5. The topological polar surface area (TPSA) is 64.4 Å². The van der Waals surface area contributed by atoms with Gasteiger partial charge in [-0.3, -0.25) is 4.79 Å². The first-order chi connectivity index (χ1) is 8.71. The summed E-state index contributed by atoms with van der Waals surface area (Å²) in [5.41, 5.74) is 6.43. The number of unbranched alkanes of at least 4 members (excludes halogenated alkanes) is 1. The molecule has 4 heteroatoms. The van der Waals surface area contributed by atoms with E-state index >= 15 is 0 Å². The molecule has 0 radical (unpaired) electrons. The molecule has 0 saturated heterocycles. The first kappa shape index (κ1) is 14.5. The van der Waals surface area contributed by atoms with Gasteiger partial charge >= 0.3 is 0 Å². The summed E-state index contributed by atoms with van der Waals surface area (Å²) in [6.07, 6.45) is 3.10. The van der Waals surface area contributed by atoms with E-state index in [0.29, 0.717) is 0 Å². The molecule has 3 N–H and O–H groups in total. The molecule has 0 heterocycles. The van der Waals surface area contributed by atoms with Crippen molar-refractivity contribution < 1.29 is 9.53 Å². The maximum Gasteiger partial charge on any atom is 0.234 e. The van der Waals surface area contributed by atoms with Crippen LogP contribution in [0.4, 0.5) is 0 Å². The number of rotatable bonds is 7. The van der Waals surface area contributed by atoms with E-state index in [9.17, 15) is 4.79 Å². The Kier molecular flexibility index (Phi) is 6.22. The Morgan fingerprint density at radius 1 is 1.39 bits per heavy atom. The Morgan fingerprint density at radius 3 is 2.56 bits per heavy atom. The number of carbonyl (C=O) groups excluding carboxylic acids is 1. The van der Waals surface area contributed by atoms with E-state index in [-0.39, 0.29) is 18.5 Å². The lowest BCUT2D eigenvalue weighted by atomic mass is 10.0. The summed E-state index contributed by atoms with van der Waals surface area (Å²) in [6, 6.07) is 7.81. The van der Waals surface area contributed by atoms with E-state index in [1.165, 1.54) is 0 Å². The molecule has 1 aromatic carbocycles. The van der Waals surface area contributed by atoms with Crippen molar-refractivity contribution in [2.75, 3.05) is 13.7 Å². The Labute approximate surface area is 109 Å². The zero-order chi connectivity index (χ0) is 13.4. The van der Waals surface area contributed by atoms with Crippen LogP contribution in [0.25, 0.3) is 0 Å². The third-order valence-electron chi connectivity index (χ3n) is 2.89. The van der Waals surface area contributed by atoms with Gasteiger partial charge in [-0.2, -0.15) is 0 Å². The van der Waals surface area contributed by atoms with Gasteiger partial charge in [0, 0.05) is 0 Å². The third kappa shape index (κ3) is 4.37. The zero-order valence-corrected chi connectivity index (χ0v) is 11.1. The maximum atomic E-state index is 11.4. The van der Waals surface area contributed by atoms with E-state index < -0.39 is 0 Å². The van der Waals surface area contributed by atoms with Crippen molar-refractivity contribution in [1.29, 1.82) is 0 Å². The molecule has 1 unspecified atom stereocenters. The number of hydrogen-bond acceptors (Lipinski definition) is 3. The van der Waals surface area contributed by atoms with Crippen LogP contribution < -0.4 is 15.8 Å². The van der Waals surface area contributed by atoms with Crippen LogP contribution in [0.2, 0.25) is 0 Å². The fraction of sp³-hybridized carbons (Fsp3) is 0.500. The minimum Gasteiger partial charge on any atom is -0.497 e. The van der Waals surface area contributed by atoms with Crippen molar-refractivity contribution >= 4 is 5.91 Å². The molecule has 100 valence electrons. The second kappa shape index (κ2) is 7.71. The van der Waals surface area contributed by atoms with Gasteiger partial charge in [0.1, 0.15) is 5.75 Å². The molecule has 1 rings (SSSR count). The normalized spacial score (nSPS) is 11.9. The van der Waals surface area contributed by atoms with Crippen molar-refractivity contribution in [3.05, 3.63) is 29.8 Å². The van der Waals surface area contributed by atoms with Gasteiger partial charge in [0.05, 0.1) is 19.7 Å². The van der Waals surface area contributed by atoms with Crippen LogP contribution in [-0.4, -0.2) is 19.6 Å². The highest BCUT2D eigenvalue weighted by Gasteiger charge is 2.13. The second-order valence-corrected chi connectivity index (χ2v) is 4.24. The lowest BCUT2D eigenvalue weighted by Crippen LogP contribution is -2.33. The Balaban J connectivity index is 2.75. The molecule has 4 nitrogen and oxygen atoms in total. The first-order valence-electron chi connectivity index (χ1n) is 6.34. The van der Waals surface area contributed by atoms with Crippen LogP contribution in [0.3, 0.4) is 0 Å². The molecule has 0 aliphatic carbocycles. The van der Waals surface area contributed by atoms with Crippen molar-refractivity contribution in [2.24, 2.45) is 5.73 Å². The molecule has 1 atom stereocenters. The van der Waals surface area contributed by atoms with Gasteiger partial charge in [0.15, 0.2) is 0 Å². The molecule has 0 saturated carbocycles. The SMILES string of the molecule is CCCCC(NC(=O)CN)c1ccc(OC)cc1. The molecule has 0 spiro atoms. The van der Waals surface area contributed by atoms with Crippen molar-refractivity contribution in [1.82, 2.24) is 5.32 Å². The summed E-state index contributed by atoms with van der Waals surface area (Å²) in [4.78, 5) is 11.4. The van der Waals surface area contributed by atoms with Gasteiger partial charge in [-0.1, -0.05) is 31.9 Å². The van der Waals surface area contributed by atoms with Crippen molar-refractivity contribution in [2.45, 2.75) is 32.2 Å². The minimum absolute atomic E-state index is 0.0266. The highest BCUT2D eigenvalue weighted by Crippen LogP contribution is 2.22. The molecule has 1 aromatic rings. The summed E-state index contributed by atoms with van der Waals surface area (Å²) in [5, 5.41) is 2.95. The number of ether oxygens (including phenoxy) is 1. The molecular formula is C14H22N2O2. The average Bonchev–Trinajstić information content (AvgIpc) is 2.43. The fourth-order valence-corrected chi connectivity index (χ4v) is 1.82. The van der Waals surface area contributed by atoms with Gasteiger partial charge < -0.3 is 15.8 Å². The Hall–Kier alpha value is -1.55. The van der Waals surface area contributed by atoms with Gasteiger partial charge in [-0.15, -0.1) is 0 Å². The van der Waals surface area contributed by atoms with Crippen LogP contribution in [0.15, 0.2) is 24.3 Å². The Morgan fingerprint density at radius 2 is 2.06 bits per heavy atom. The van der Waals surface area contributed by atoms with E-state index in [2.05, 4.69) is 12.2 Å². The third-order valence-corrected chi connectivity index (χ3v) is 2.89. The van der Waals surface area contributed by atoms with Gasteiger partial charge in [0.2, 0.25) is 5.91 Å². The monoisotopic (exact) mass is 250 g/mol. The maximum absolute atomic E-state index is 11.4. The van der Waals surface area contributed by atoms with Crippen LogP contribution in [0, 0.1) is 0 Å². The predicted molar refractivity (Wildman–Crippen MR) is 72.5 cm³/mol. The highest BCUT2D eigenvalue weighted by molar-refractivity contribution is 5.78. The summed E-state index contributed by atoms with van der Waals surface area (Å²) in [6.45, 7) is 2.16.